The van der Waals surface area contributed by atoms with Crippen LogP contribution in [0.4, 0.5) is 0 Å². The van der Waals surface area contributed by atoms with Crippen LogP contribution in [0.1, 0.15) is 18.9 Å². The summed E-state index contributed by atoms with van der Waals surface area (Å²) in [5.74, 6) is 0.156. The molecule has 1 rings (SSSR count). The SMILES string of the molecule is COCCC(C)(O)CNC(=O)COc1cc(C)ccc1Cl. The molecule has 0 saturated heterocycles. The Bertz CT molecular complexity index is 477. The molecule has 0 aliphatic rings. The molecule has 5 nitrogen and oxygen atoms in total. The Morgan fingerprint density at radius 1 is 1.48 bits per heavy atom. The van der Waals surface area contributed by atoms with Crippen molar-refractivity contribution >= 4 is 17.5 Å². The minimum absolute atomic E-state index is 0.139. The molecular weight excluding hydrogens is 294 g/mol. The molecule has 0 radical (unpaired) electrons. The Hall–Kier alpha value is -1.30. The van der Waals surface area contributed by atoms with Crippen molar-refractivity contribution in [3.8, 4) is 5.75 Å². The molecular formula is C15H22ClNO4. The summed E-state index contributed by atoms with van der Waals surface area (Å²) in [7, 11) is 1.56. The van der Waals surface area contributed by atoms with Crippen LogP contribution in [0.2, 0.25) is 5.02 Å². The maximum Gasteiger partial charge on any atom is 0.258 e. The van der Waals surface area contributed by atoms with Crippen LogP contribution in [-0.4, -0.2) is 43.5 Å². The van der Waals surface area contributed by atoms with Gasteiger partial charge in [0.1, 0.15) is 5.75 Å². The Morgan fingerprint density at radius 2 is 2.19 bits per heavy atom. The van der Waals surface area contributed by atoms with Gasteiger partial charge in [-0.05, 0) is 31.5 Å². The van der Waals surface area contributed by atoms with Crippen molar-refractivity contribution in [3.63, 3.8) is 0 Å². The van der Waals surface area contributed by atoms with E-state index in [1.807, 2.05) is 13.0 Å². The molecule has 2 N–H and O–H groups in total. The lowest BCUT2D eigenvalue weighted by atomic mass is 10.0. The Balaban J connectivity index is 2.39. The first-order valence-electron chi connectivity index (χ1n) is 6.71. The Labute approximate surface area is 130 Å². The van der Waals surface area contributed by atoms with Crippen LogP contribution < -0.4 is 10.1 Å². The summed E-state index contributed by atoms with van der Waals surface area (Å²) in [4.78, 5) is 11.7. The molecule has 0 aliphatic carbocycles. The highest BCUT2D eigenvalue weighted by atomic mass is 35.5. The maximum atomic E-state index is 11.7. The number of amides is 1. The molecule has 0 saturated carbocycles. The molecule has 0 heterocycles. The average Bonchev–Trinajstić information content (AvgIpc) is 2.44. The van der Waals surface area contributed by atoms with Crippen LogP contribution in [0, 0.1) is 6.92 Å². The molecule has 21 heavy (non-hydrogen) atoms. The number of carbonyl (C=O) groups is 1. The molecule has 1 aromatic rings. The molecule has 0 aliphatic heterocycles. The summed E-state index contributed by atoms with van der Waals surface area (Å²) >= 11 is 5.98. The molecule has 1 unspecified atom stereocenters. The fourth-order valence-electron chi connectivity index (χ4n) is 1.61. The second kappa shape index (κ2) is 8.22. The maximum absolute atomic E-state index is 11.7. The third-order valence-corrected chi connectivity index (χ3v) is 3.27. The summed E-state index contributed by atoms with van der Waals surface area (Å²) in [5.41, 5.74) is -0.00978. The standard InChI is InChI=1S/C15H22ClNO4/c1-11-4-5-12(16)13(8-11)21-9-14(18)17-10-15(2,19)6-7-20-3/h4-5,8,19H,6-7,9-10H2,1-3H3,(H,17,18). The second-order valence-corrected chi connectivity index (χ2v) is 5.65. The molecule has 6 heteroatoms. The third kappa shape index (κ3) is 6.80. The smallest absolute Gasteiger partial charge is 0.258 e. The van der Waals surface area contributed by atoms with Gasteiger partial charge < -0.3 is 19.9 Å². The quantitative estimate of drug-likeness (QED) is 0.769. The van der Waals surface area contributed by atoms with Crippen molar-refractivity contribution in [2.24, 2.45) is 0 Å². The first-order valence-corrected chi connectivity index (χ1v) is 7.09. The highest BCUT2D eigenvalue weighted by Crippen LogP contribution is 2.25. The number of hydrogen-bond acceptors (Lipinski definition) is 4. The average molecular weight is 316 g/mol. The molecule has 0 bridgehead atoms. The molecule has 1 atom stereocenters. The van der Waals surface area contributed by atoms with Crippen LogP contribution in [0.15, 0.2) is 18.2 Å². The number of methoxy groups -OCH3 is 1. The predicted molar refractivity (Wildman–Crippen MR) is 81.8 cm³/mol. The molecule has 1 aromatic carbocycles. The van der Waals surface area contributed by atoms with Crippen molar-refractivity contribution in [3.05, 3.63) is 28.8 Å². The molecule has 1 amide bonds. The number of carbonyl (C=O) groups excluding carboxylic acids is 1. The predicted octanol–water partition coefficient (Wildman–Crippen LogP) is 1.93. The molecule has 118 valence electrons. The van der Waals surface area contributed by atoms with E-state index < -0.39 is 5.60 Å². The fourth-order valence-corrected chi connectivity index (χ4v) is 1.79. The van der Waals surface area contributed by atoms with Gasteiger partial charge in [-0.1, -0.05) is 17.7 Å². The zero-order valence-electron chi connectivity index (χ0n) is 12.6. The fraction of sp³-hybridized carbons (Fsp3) is 0.533. The lowest BCUT2D eigenvalue weighted by molar-refractivity contribution is -0.124. The van der Waals surface area contributed by atoms with E-state index in [0.29, 0.717) is 23.8 Å². The monoisotopic (exact) mass is 315 g/mol. The van der Waals surface area contributed by atoms with E-state index in [1.54, 1.807) is 26.2 Å². The number of aryl methyl sites for hydroxylation is 1. The van der Waals surface area contributed by atoms with Gasteiger partial charge in [-0.15, -0.1) is 0 Å². The number of benzene rings is 1. The number of hydrogen-bond donors (Lipinski definition) is 2. The second-order valence-electron chi connectivity index (χ2n) is 5.24. The summed E-state index contributed by atoms with van der Waals surface area (Å²) < 4.78 is 10.3. The molecule has 0 fully saturated rings. The summed E-state index contributed by atoms with van der Waals surface area (Å²) in [6, 6.07) is 5.35. The van der Waals surface area contributed by atoms with Gasteiger partial charge in [-0.3, -0.25) is 4.79 Å². The van der Waals surface area contributed by atoms with Crippen LogP contribution >= 0.6 is 11.6 Å². The van der Waals surface area contributed by atoms with Gasteiger partial charge in [0.05, 0.1) is 10.6 Å². The highest BCUT2D eigenvalue weighted by molar-refractivity contribution is 6.32. The Kier molecular flexibility index (Phi) is 6.95. The zero-order valence-corrected chi connectivity index (χ0v) is 13.4. The van der Waals surface area contributed by atoms with Crippen molar-refractivity contribution < 1.29 is 19.4 Å². The van der Waals surface area contributed by atoms with E-state index in [2.05, 4.69) is 5.32 Å². The lowest BCUT2D eigenvalue weighted by Gasteiger charge is -2.23. The Morgan fingerprint density at radius 3 is 2.86 bits per heavy atom. The van der Waals surface area contributed by atoms with E-state index in [4.69, 9.17) is 21.1 Å². The van der Waals surface area contributed by atoms with Gasteiger partial charge in [0, 0.05) is 26.7 Å². The van der Waals surface area contributed by atoms with E-state index >= 15 is 0 Å². The van der Waals surface area contributed by atoms with E-state index in [0.717, 1.165) is 5.56 Å². The van der Waals surface area contributed by atoms with E-state index in [1.165, 1.54) is 0 Å². The molecule has 0 spiro atoms. The van der Waals surface area contributed by atoms with Crippen LogP contribution in [0.25, 0.3) is 0 Å². The normalized spacial score (nSPS) is 13.6. The number of nitrogens with one attached hydrogen (secondary N) is 1. The first-order chi connectivity index (χ1) is 9.84. The van der Waals surface area contributed by atoms with Gasteiger partial charge in [0.25, 0.3) is 5.91 Å². The van der Waals surface area contributed by atoms with Crippen LogP contribution in [0.5, 0.6) is 5.75 Å². The van der Waals surface area contributed by atoms with Crippen LogP contribution in [0.3, 0.4) is 0 Å². The van der Waals surface area contributed by atoms with Crippen molar-refractivity contribution in [1.29, 1.82) is 0 Å². The summed E-state index contributed by atoms with van der Waals surface area (Å²) in [6.45, 7) is 3.97. The van der Waals surface area contributed by atoms with Gasteiger partial charge in [-0.2, -0.15) is 0 Å². The largest absolute Gasteiger partial charge is 0.482 e. The minimum Gasteiger partial charge on any atom is -0.482 e. The van der Waals surface area contributed by atoms with Gasteiger partial charge >= 0.3 is 0 Å². The summed E-state index contributed by atoms with van der Waals surface area (Å²) in [5, 5.41) is 13.1. The molecule has 0 aromatic heterocycles. The van der Waals surface area contributed by atoms with Crippen LogP contribution in [-0.2, 0) is 9.53 Å². The minimum atomic E-state index is -1.01. The lowest BCUT2D eigenvalue weighted by Crippen LogP contribution is -2.42. The topological polar surface area (TPSA) is 67.8 Å². The van der Waals surface area contributed by atoms with Gasteiger partial charge in [0.15, 0.2) is 6.61 Å². The van der Waals surface area contributed by atoms with E-state index in [-0.39, 0.29) is 19.1 Å². The third-order valence-electron chi connectivity index (χ3n) is 2.96. The highest BCUT2D eigenvalue weighted by Gasteiger charge is 2.20. The van der Waals surface area contributed by atoms with Crippen molar-refractivity contribution in [2.75, 3.05) is 26.9 Å². The van der Waals surface area contributed by atoms with Gasteiger partial charge in [-0.25, -0.2) is 0 Å². The number of ether oxygens (including phenoxy) is 2. The first kappa shape index (κ1) is 17.8. The van der Waals surface area contributed by atoms with Crippen molar-refractivity contribution in [1.82, 2.24) is 5.32 Å². The number of halogens is 1. The van der Waals surface area contributed by atoms with E-state index in [9.17, 15) is 9.90 Å². The summed E-state index contributed by atoms with van der Waals surface area (Å²) in [6.07, 6.45) is 0.439. The zero-order chi connectivity index (χ0) is 15.9. The number of rotatable bonds is 8. The number of aliphatic hydroxyl groups is 1. The van der Waals surface area contributed by atoms with Gasteiger partial charge in [0.2, 0.25) is 0 Å². The van der Waals surface area contributed by atoms with Crippen molar-refractivity contribution in [2.45, 2.75) is 25.9 Å².